The fraction of sp³-hybridized carbons (Fsp3) is 0.300. The summed E-state index contributed by atoms with van der Waals surface area (Å²) in [6.45, 7) is 0.768. The first-order valence-electron chi connectivity index (χ1n) is 4.23. The number of benzene rings is 1. The molecule has 3 rings (SSSR count). The summed E-state index contributed by atoms with van der Waals surface area (Å²) in [5.74, 6) is 0.530. The normalized spacial score (nSPS) is 24.3. The van der Waals surface area contributed by atoms with Crippen LogP contribution in [0.1, 0.15) is 11.1 Å². The lowest BCUT2D eigenvalue weighted by atomic mass is 10.1. The van der Waals surface area contributed by atoms with E-state index in [2.05, 4.69) is 29.4 Å². The Morgan fingerprint density at radius 2 is 2.25 bits per heavy atom. The maximum Gasteiger partial charge on any atom is 0.126 e. The molecule has 0 bridgehead atoms. The Hall–Kier alpha value is -1.31. The molecule has 2 nitrogen and oxygen atoms in total. The van der Waals surface area contributed by atoms with Gasteiger partial charge in [0, 0.05) is 11.5 Å². The summed E-state index contributed by atoms with van der Waals surface area (Å²) in [7, 11) is 0. The number of hydrogen-bond donors (Lipinski definition) is 0. The Balaban J connectivity index is 2.20. The Bertz CT molecular complexity index is 357. The zero-order chi connectivity index (χ0) is 7.97. The second-order valence-corrected chi connectivity index (χ2v) is 3.33. The van der Waals surface area contributed by atoms with Crippen molar-refractivity contribution in [2.75, 3.05) is 6.61 Å². The van der Waals surface area contributed by atoms with Crippen LogP contribution in [0.3, 0.4) is 0 Å². The van der Waals surface area contributed by atoms with Gasteiger partial charge in [-0.05, 0) is 12.0 Å². The summed E-state index contributed by atoms with van der Waals surface area (Å²) in [5.41, 5.74) is 3.87. The zero-order valence-corrected chi connectivity index (χ0v) is 6.66. The monoisotopic (exact) mass is 159 g/mol. The average Bonchev–Trinajstić information content (AvgIpc) is 2.62. The topological polar surface area (TPSA) is 21.6 Å². The minimum Gasteiger partial charge on any atom is -0.395 e. The van der Waals surface area contributed by atoms with Crippen LogP contribution >= 0.6 is 0 Å². The standard InChI is InChI=1S/C10H9NO/c1-2-4-9-7(3-1)5-8-6-12-11-10(8)9/h1-4,8H,5-6H2. The average molecular weight is 159 g/mol. The fourth-order valence-electron chi connectivity index (χ4n) is 1.99. The van der Waals surface area contributed by atoms with Crippen LogP contribution in [0.15, 0.2) is 29.4 Å². The van der Waals surface area contributed by atoms with Gasteiger partial charge in [0.1, 0.15) is 6.61 Å². The van der Waals surface area contributed by atoms with Crippen LogP contribution in [0, 0.1) is 5.92 Å². The van der Waals surface area contributed by atoms with E-state index in [0.29, 0.717) is 5.92 Å². The predicted molar refractivity (Wildman–Crippen MR) is 46.1 cm³/mol. The van der Waals surface area contributed by atoms with Gasteiger partial charge in [0.05, 0.1) is 5.71 Å². The first kappa shape index (κ1) is 6.23. The number of nitrogens with zero attached hydrogens (tertiary/aromatic N) is 1. The lowest BCUT2D eigenvalue weighted by Gasteiger charge is -1.96. The van der Waals surface area contributed by atoms with Crippen LogP contribution < -0.4 is 0 Å². The molecule has 0 spiro atoms. The second-order valence-electron chi connectivity index (χ2n) is 3.33. The molecule has 0 amide bonds. The first-order chi connectivity index (χ1) is 5.95. The molecule has 0 aromatic heterocycles. The number of oxime groups is 1. The molecule has 1 heterocycles. The van der Waals surface area contributed by atoms with Crippen molar-refractivity contribution in [3.05, 3.63) is 35.4 Å². The van der Waals surface area contributed by atoms with Crippen molar-refractivity contribution in [1.29, 1.82) is 0 Å². The summed E-state index contributed by atoms with van der Waals surface area (Å²) in [6.07, 6.45) is 1.11. The smallest absolute Gasteiger partial charge is 0.126 e. The minimum absolute atomic E-state index is 0.530. The lowest BCUT2D eigenvalue weighted by molar-refractivity contribution is 0.154. The van der Waals surface area contributed by atoms with Crippen molar-refractivity contribution in [3.8, 4) is 0 Å². The largest absolute Gasteiger partial charge is 0.395 e. The van der Waals surface area contributed by atoms with E-state index in [1.54, 1.807) is 0 Å². The van der Waals surface area contributed by atoms with Gasteiger partial charge in [-0.15, -0.1) is 0 Å². The van der Waals surface area contributed by atoms with Crippen LogP contribution in [0.4, 0.5) is 0 Å². The van der Waals surface area contributed by atoms with E-state index in [-0.39, 0.29) is 0 Å². The summed E-state index contributed by atoms with van der Waals surface area (Å²) < 4.78 is 0. The highest BCUT2D eigenvalue weighted by atomic mass is 16.6. The molecule has 1 atom stereocenters. The summed E-state index contributed by atoms with van der Waals surface area (Å²) in [6, 6.07) is 8.45. The van der Waals surface area contributed by atoms with Crippen molar-refractivity contribution in [2.45, 2.75) is 6.42 Å². The number of fused-ring (bicyclic) bond motifs is 3. The third kappa shape index (κ3) is 0.670. The Morgan fingerprint density at radius 1 is 1.33 bits per heavy atom. The van der Waals surface area contributed by atoms with E-state index < -0.39 is 0 Å². The number of rotatable bonds is 0. The maximum absolute atomic E-state index is 5.06. The van der Waals surface area contributed by atoms with Crippen LogP contribution in [-0.4, -0.2) is 12.3 Å². The zero-order valence-electron chi connectivity index (χ0n) is 6.66. The van der Waals surface area contributed by atoms with Crippen molar-refractivity contribution >= 4 is 5.71 Å². The molecule has 12 heavy (non-hydrogen) atoms. The summed E-state index contributed by atoms with van der Waals surface area (Å²) >= 11 is 0. The van der Waals surface area contributed by atoms with Crippen molar-refractivity contribution in [2.24, 2.45) is 11.1 Å². The third-order valence-corrected chi connectivity index (χ3v) is 2.58. The van der Waals surface area contributed by atoms with Gasteiger partial charge in [-0.3, -0.25) is 0 Å². The van der Waals surface area contributed by atoms with Crippen LogP contribution in [0.5, 0.6) is 0 Å². The van der Waals surface area contributed by atoms with Crippen LogP contribution in [-0.2, 0) is 11.3 Å². The molecule has 1 unspecified atom stereocenters. The van der Waals surface area contributed by atoms with Crippen molar-refractivity contribution in [3.63, 3.8) is 0 Å². The highest BCUT2D eigenvalue weighted by molar-refractivity contribution is 6.06. The molecular formula is C10H9NO. The van der Waals surface area contributed by atoms with Crippen molar-refractivity contribution in [1.82, 2.24) is 0 Å². The molecule has 1 aromatic carbocycles. The highest BCUT2D eigenvalue weighted by Crippen LogP contribution is 2.30. The second kappa shape index (κ2) is 2.09. The minimum atomic E-state index is 0.530. The molecule has 1 aromatic rings. The Kier molecular flexibility index (Phi) is 1.09. The number of hydrogen-bond acceptors (Lipinski definition) is 2. The van der Waals surface area contributed by atoms with Crippen molar-refractivity contribution < 1.29 is 4.84 Å². The molecule has 1 aliphatic carbocycles. The van der Waals surface area contributed by atoms with E-state index in [4.69, 9.17) is 4.84 Å². The van der Waals surface area contributed by atoms with Crippen LogP contribution in [0.25, 0.3) is 0 Å². The van der Waals surface area contributed by atoms with E-state index in [1.807, 2.05) is 0 Å². The first-order valence-corrected chi connectivity index (χ1v) is 4.23. The van der Waals surface area contributed by atoms with Gasteiger partial charge in [0.2, 0.25) is 0 Å². The molecule has 2 heteroatoms. The molecule has 0 saturated carbocycles. The van der Waals surface area contributed by atoms with E-state index in [0.717, 1.165) is 18.7 Å². The molecule has 0 radical (unpaired) electrons. The molecule has 0 fully saturated rings. The van der Waals surface area contributed by atoms with E-state index >= 15 is 0 Å². The summed E-state index contributed by atoms with van der Waals surface area (Å²) in [4.78, 5) is 5.06. The van der Waals surface area contributed by atoms with Gasteiger partial charge in [0.15, 0.2) is 0 Å². The van der Waals surface area contributed by atoms with Gasteiger partial charge >= 0.3 is 0 Å². The fourth-order valence-corrected chi connectivity index (χ4v) is 1.99. The van der Waals surface area contributed by atoms with Gasteiger partial charge in [-0.2, -0.15) is 0 Å². The maximum atomic E-state index is 5.06. The lowest BCUT2D eigenvalue weighted by Crippen LogP contribution is -2.07. The molecule has 2 aliphatic rings. The van der Waals surface area contributed by atoms with Gasteiger partial charge in [-0.25, -0.2) is 0 Å². The third-order valence-electron chi connectivity index (χ3n) is 2.58. The Morgan fingerprint density at radius 3 is 3.25 bits per heavy atom. The molecular weight excluding hydrogens is 150 g/mol. The quantitative estimate of drug-likeness (QED) is 0.563. The van der Waals surface area contributed by atoms with Gasteiger partial charge in [-0.1, -0.05) is 29.4 Å². The SMILES string of the molecule is c1ccc2c(c1)CC1CON=C21. The van der Waals surface area contributed by atoms with E-state index in [1.165, 1.54) is 11.1 Å². The predicted octanol–water partition coefficient (Wildman–Crippen LogP) is 1.59. The van der Waals surface area contributed by atoms with Gasteiger partial charge < -0.3 is 4.84 Å². The Labute approximate surface area is 70.8 Å². The highest BCUT2D eigenvalue weighted by Gasteiger charge is 2.32. The van der Waals surface area contributed by atoms with E-state index in [9.17, 15) is 0 Å². The molecule has 60 valence electrons. The molecule has 1 aliphatic heterocycles. The molecule has 0 N–H and O–H groups in total. The van der Waals surface area contributed by atoms with Gasteiger partial charge in [0.25, 0.3) is 0 Å². The molecule has 0 saturated heterocycles. The van der Waals surface area contributed by atoms with Crippen LogP contribution in [0.2, 0.25) is 0 Å². The summed E-state index contributed by atoms with van der Waals surface area (Å²) in [5, 5.41) is 4.06.